The summed E-state index contributed by atoms with van der Waals surface area (Å²) in [6.45, 7) is 6.54. The molecule has 0 fully saturated rings. The second-order valence-electron chi connectivity index (χ2n) is 5.89. The maximum absolute atomic E-state index is 11.3. The number of hydrogen-bond donors (Lipinski definition) is 1. The second kappa shape index (κ2) is 4.44. The van der Waals surface area contributed by atoms with Crippen LogP contribution in [0.5, 0.6) is 5.75 Å². The molecule has 0 radical (unpaired) electrons. The summed E-state index contributed by atoms with van der Waals surface area (Å²) < 4.78 is 5.22. The van der Waals surface area contributed by atoms with Crippen molar-refractivity contribution < 1.29 is 14.6 Å². The van der Waals surface area contributed by atoms with Gasteiger partial charge in [-0.2, -0.15) is 0 Å². The Morgan fingerprint density at radius 3 is 2.63 bits per heavy atom. The zero-order valence-electron chi connectivity index (χ0n) is 12.2. The SMILES string of the molecule is COc1cc2c(cc1C(=O)O)[C@@H](C)CC(C)(C)N2C. The lowest BCUT2D eigenvalue weighted by Gasteiger charge is -2.45. The van der Waals surface area contributed by atoms with E-state index in [2.05, 4.69) is 25.7 Å². The molecule has 19 heavy (non-hydrogen) atoms. The van der Waals surface area contributed by atoms with E-state index in [-0.39, 0.29) is 11.1 Å². The highest BCUT2D eigenvalue weighted by Crippen LogP contribution is 2.44. The standard InChI is InChI=1S/C15H21NO3/c1-9-8-15(2,3)16(4)12-7-13(19-5)11(14(17)18)6-10(9)12/h6-7,9H,8H2,1-5H3,(H,17,18)/t9-/m0/s1. The molecule has 1 heterocycles. The van der Waals surface area contributed by atoms with Crippen molar-refractivity contribution in [2.24, 2.45) is 0 Å². The van der Waals surface area contributed by atoms with Crippen molar-refractivity contribution in [2.75, 3.05) is 19.1 Å². The lowest BCUT2D eigenvalue weighted by Crippen LogP contribution is -2.45. The molecule has 0 aliphatic carbocycles. The molecular weight excluding hydrogens is 242 g/mol. The first-order valence-electron chi connectivity index (χ1n) is 6.47. The van der Waals surface area contributed by atoms with Gasteiger partial charge in [0.2, 0.25) is 0 Å². The van der Waals surface area contributed by atoms with Crippen molar-refractivity contribution >= 4 is 11.7 Å². The number of aromatic carboxylic acids is 1. The molecule has 0 aromatic heterocycles. The van der Waals surface area contributed by atoms with Gasteiger partial charge in [0.15, 0.2) is 0 Å². The van der Waals surface area contributed by atoms with E-state index in [4.69, 9.17) is 4.74 Å². The number of fused-ring (bicyclic) bond motifs is 1. The molecule has 0 bridgehead atoms. The summed E-state index contributed by atoms with van der Waals surface area (Å²) in [6.07, 6.45) is 1.00. The third-order valence-electron chi connectivity index (χ3n) is 4.19. The minimum atomic E-state index is -0.945. The van der Waals surface area contributed by atoms with Crippen LogP contribution in [-0.2, 0) is 0 Å². The van der Waals surface area contributed by atoms with E-state index in [0.717, 1.165) is 17.7 Å². The maximum atomic E-state index is 11.3. The first-order valence-corrected chi connectivity index (χ1v) is 6.47. The Kier molecular flexibility index (Phi) is 3.20. The monoisotopic (exact) mass is 263 g/mol. The molecule has 1 aliphatic heterocycles. The van der Waals surface area contributed by atoms with Crippen molar-refractivity contribution in [3.8, 4) is 5.75 Å². The largest absolute Gasteiger partial charge is 0.496 e. The predicted octanol–water partition coefficient (Wildman–Crippen LogP) is 3.12. The van der Waals surface area contributed by atoms with Crippen molar-refractivity contribution in [2.45, 2.75) is 38.6 Å². The number of carboxylic acid groups (broad SMARTS) is 1. The summed E-state index contributed by atoms with van der Waals surface area (Å²) in [4.78, 5) is 13.5. The summed E-state index contributed by atoms with van der Waals surface area (Å²) >= 11 is 0. The van der Waals surface area contributed by atoms with E-state index >= 15 is 0 Å². The van der Waals surface area contributed by atoms with E-state index in [0.29, 0.717) is 11.7 Å². The molecule has 1 aromatic rings. The number of hydrogen-bond acceptors (Lipinski definition) is 3. The summed E-state index contributed by atoms with van der Waals surface area (Å²) in [5, 5.41) is 9.26. The molecule has 0 saturated carbocycles. The normalized spacial score (nSPS) is 20.9. The summed E-state index contributed by atoms with van der Waals surface area (Å²) in [6, 6.07) is 3.60. The van der Waals surface area contributed by atoms with Gasteiger partial charge < -0.3 is 14.7 Å². The molecule has 0 saturated heterocycles. The summed E-state index contributed by atoms with van der Waals surface area (Å²) in [5.41, 5.74) is 2.44. The van der Waals surface area contributed by atoms with Gasteiger partial charge in [-0.3, -0.25) is 0 Å². The van der Waals surface area contributed by atoms with Gasteiger partial charge in [-0.1, -0.05) is 6.92 Å². The Hall–Kier alpha value is -1.71. The molecule has 0 spiro atoms. The number of methoxy groups -OCH3 is 1. The van der Waals surface area contributed by atoms with Gasteiger partial charge in [-0.05, 0) is 37.8 Å². The second-order valence-corrected chi connectivity index (χ2v) is 5.89. The van der Waals surface area contributed by atoms with Crippen molar-refractivity contribution in [1.82, 2.24) is 0 Å². The fourth-order valence-corrected chi connectivity index (χ4v) is 2.93. The molecule has 1 N–H and O–H groups in total. The molecule has 4 nitrogen and oxygen atoms in total. The topological polar surface area (TPSA) is 49.8 Å². The van der Waals surface area contributed by atoms with Crippen molar-refractivity contribution in [1.29, 1.82) is 0 Å². The van der Waals surface area contributed by atoms with Gasteiger partial charge in [0.05, 0.1) is 7.11 Å². The highest BCUT2D eigenvalue weighted by atomic mass is 16.5. The smallest absolute Gasteiger partial charge is 0.339 e. The Balaban J connectivity index is 2.64. The van der Waals surface area contributed by atoms with Crippen LogP contribution in [0.15, 0.2) is 12.1 Å². The van der Waals surface area contributed by atoms with E-state index in [1.165, 1.54) is 7.11 Å². The van der Waals surface area contributed by atoms with Crippen LogP contribution in [0.2, 0.25) is 0 Å². The molecule has 1 aliphatic rings. The Morgan fingerprint density at radius 1 is 1.47 bits per heavy atom. The molecule has 104 valence electrons. The highest BCUT2D eigenvalue weighted by Gasteiger charge is 2.35. The van der Waals surface area contributed by atoms with Crippen LogP contribution in [0.1, 0.15) is 49.0 Å². The number of anilines is 1. The Bertz CT molecular complexity index is 522. The minimum absolute atomic E-state index is 0.0577. The zero-order chi connectivity index (χ0) is 14.4. The molecule has 1 aromatic carbocycles. The van der Waals surface area contributed by atoms with Gasteiger partial charge in [0.25, 0.3) is 0 Å². The van der Waals surface area contributed by atoms with Gasteiger partial charge in [-0.25, -0.2) is 4.79 Å². The lowest BCUT2D eigenvalue weighted by molar-refractivity contribution is 0.0693. The molecular formula is C15H21NO3. The van der Waals surface area contributed by atoms with E-state index in [9.17, 15) is 9.90 Å². The Morgan fingerprint density at radius 2 is 2.11 bits per heavy atom. The van der Waals surface area contributed by atoms with Gasteiger partial charge in [-0.15, -0.1) is 0 Å². The number of rotatable bonds is 2. The lowest BCUT2D eigenvalue weighted by atomic mass is 9.80. The molecule has 1 atom stereocenters. The summed E-state index contributed by atoms with van der Waals surface area (Å²) in [7, 11) is 3.55. The van der Waals surface area contributed by atoms with Crippen LogP contribution in [0.25, 0.3) is 0 Å². The molecule has 4 heteroatoms. The van der Waals surface area contributed by atoms with Crippen LogP contribution in [0, 0.1) is 0 Å². The van der Waals surface area contributed by atoms with Gasteiger partial charge in [0, 0.05) is 24.3 Å². The number of nitrogens with zero attached hydrogens (tertiary/aromatic N) is 1. The molecule has 0 amide bonds. The maximum Gasteiger partial charge on any atom is 0.339 e. The number of carbonyl (C=O) groups is 1. The average Bonchev–Trinajstić information content (AvgIpc) is 2.34. The molecule has 2 rings (SSSR count). The fourth-order valence-electron chi connectivity index (χ4n) is 2.93. The van der Waals surface area contributed by atoms with E-state index in [1.807, 2.05) is 13.1 Å². The number of benzene rings is 1. The predicted molar refractivity (Wildman–Crippen MR) is 75.5 cm³/mol. The van der Waals surface area contributed by atoms with Crippen molar-refractivity contribution in [3.63, 3.8) is 0 Å². The molecule has 0 unspecified atom stereocenters. The van der Waals surface area contributed by atoms with Crippen LogP contribution in [0.3, 0.4) is 0 Å². The van der Waals surface area contributed by atoms with Gasteiger partial charge >= 0.3 is 5.97 Å². The highest BCUT2D eigenvalue weighted by molar-refractivity contribution is 5.92. The van der Waals surface area contributed by atoms with E-state index in [1.54, 1.807) is 6.07 Å². The van der Waals surface area contributed by atoms with Crippen LogP contribution >= 0.6 is 0 Å². The quantitative estimate of drug-likeness (QED) is 0.890. The fraction of sp³-hybridized carbons (Fsp3) is 0.533. The van der Waals surface area contributed by atoms with Crippen LogP contribution in [0.4, 0.5) is 5.69 Å². The zero-order valence-corrected chi connectivity index (χ0v) is 12.2. The van der Waals surface area contributed by atoms with E-state index < -0.39 is 5.97 Å². The first-order chi connectivity index (χ1) is 8.77. The van der Waals surface area contributed by atoms with Crippen LogP contribution in [-0.4, -0.2) is 30.8 Å². The minimum Gasteiger partial charge on any atom is -0.496 e. The number of carboxylic acids is 1. The Labute approximate surface area is 114 Å². The van der Waals surface area contributed by atoms with Crippen molar-refractivity contribution in [3.05, 3.63) is 23.3 Å². The average molecular weight is 263 g/mol. The summed E-state index contributed by atoms with van der Waals surface area (Å²) in [5.74, 6) is -0.187. The third kappa shape index (κ3) is 2.15. The first kappa shape index (κ1) is 13.7. The number of ether oxygens (including phenoxy) is 1. The van der Waals surface area contributed by atoms with Gasteiger partial charge in [0.1, 0.15) is 11.3 Å². The third-order valence-corrected chi connectivity index (χ3v) is 4.19. The van der Waals surface area contributed by atoms with Crippen LogP contribution < -0.4 is 9.64 Å².